The normalized spacial score (nSPS) is 12.6. The third-order valence-corrected chi connectivity index (χ3v) is 4.24. The van der Waals surface area contributed by atoms with E-state index in [1.807, 2.05) is 29.7 Å². The number of hydrogen-bond acceptors (Lipinski definition) is 3. The molecule has 1 atom stereocenters. The van der Waals surface area contributed by atoms with Crippen LogP contribution in [0.15, 0.2) is 40.3 Å². The van der Waals surface area contributed by atoms with Crippen molar-refractivity contribution in [3.8, 4) is 0 Å². The Hall–Kier alpha value is -0.710. The monoisotopic (exact) mass is 324 g/mol. The van der Waals surface area contributed by atoms with Gasteiger partial charge in [-0.15, -0.1) is 11.3 Å². The summed E-state index contributed by atoms with van der Waals surface area (Å²) in [7, 11) is 0. The van der Waals surface area contributed by atoms with E-state index < -0.39 is 0 Å². The van der Waals surface area contributed by atoms with Gasteiger partial charge in [-0.1, -0.05) is 6.07 Å². The second-order valence-electron chi connectivity index (χ2n) is 4.40. The zero-order valence-corrected chi connectivity index (χ0v) is 12.6. The maximum Gasteiger partial charge on any atom is 0.0419 e. The Bertz CT molecular complexity index is 453. The highest BCUT2D eigenvalue weighted by Gasteiger charge is 2.05. The molecule has 18 heavy (non-hydrogen) atoms. The molecule has 0 aliphatic heterocycles. The molecular weight excluding hydrogens is 308 g/mol. The largest absolute Gasteiger partial charge is 0.327 e. The summed E-state index contributed by atoms with van der Waals surface area (Å²) in [5.41, 5.74) is 7.21. The standard InChI is InChI=1S/C14H17BrN2S/c15-11-6-7-13(17-10-11)9-12(16)3-1-4-14-5-2-8-18-14/h2,5-8,10,12H,1,3-4,9,16H2. The SMILES string of the molecule is NC(CCCc1cccs1)Cc1ccc(Br)cn1. The first-order valence-electron chi connectivity index (χ1n) is 6.12. The molecule has 96 valence electrons. The number of hydrogen-bond donors (Lipinski definition) is 1. The minimum Gasteiger partial charge on any atom is -0.327 e. The Morgan fingerprint density at radius 3 is 2.89 bits per heavy atom. The van der Waals surface area contributed by atoms with E-state index >= 15 is 0 Å². The summed E-state index contributed by atoms with van der Waals surface area (Å²) in [4.78, 5) is 5.80. The molecule has 4 heteroatoms. The van der Waals surface area contributed by atoms with Crippen molar-refractivity contribution in [1.82, 2.24) is 4.98 Å². The van der Waals surface area contributed by atoms with E-state index in [0.717, 1.165) is 35.8 Å². The second kappa shape index (κ2) is 7.02. The number of pyridine rings is 1. The van der Waals surface area contributed by atoms with E-state index in [1.165, 1.54) is 4.88 Å². The molecule has 0 spiro atoms. The molecule has 2 aromatic rings. The number of nitrogens with two attached hydrogens (primary N) is 1. The third-order valence-electron chi connectivity index (χ3n) is 2.84. The number of nitrogens with zero attached hydrogens (tertiary/aromatic N) is 1. The van der Waals surface area contributed by atoms with Crippen molar-refractivity contribution in [1.29, 1.82) is 0 Å². The summed E-state index contributed by atoms with van der Waals surface area (Å²) in [6, 6.07) is 8.54. The van der Waals surface area contributed by atoms with Gasteiger partial charge in [-0.05, 0) is 58.8 Å². The molecule has 2 nitrogen and oxygen atoms in total. The molecule has 0 bridgehead atoms. The van der Waals surface area contributed by atoms with Crippen LogP contribution in [0.25, 0.3) is 0 Å². The lowest BCUT2D eigenvalue weighted by Gasteiger charge is -2.10. The van der Waals surface area contributed by atoms with Crippen molar-refractivity contribution in [3.63, 3.8) is 0 Å². The van der Waals surface area contributed by atoms with Crippen LogP contribution >= 0.6 is 27.3 Å². The number of aryl methyl sites for hydroxylation is 1. The van der Waals surface area contributed by atoms with Gasteiger partial charge in [0.25, 0.3) is 0 Å². The molecule has 1 unspecified atom stereocenters. The minimum atomic E-state index is 0.207. The van der Waals surface area contributed by atoms with Crippen molar-refractivity contribution in [2.24, 2.45) is 5.73 Å². The summed E-state index contributed by atoms with van der Waals surface area (Å²) in [6.45, 7) is 0. The van der Waals surface area contributed by atoms with E-state index in [1.54, 1.807) is 0 Å². The maximum atomic E-state index is 6.13. The lowest BCUT2D eigenvalue weighted by Crippen LogP contribution is -2.23. The summed E-state index contributed by atoms with van der Waals surface area (Å²) >= 11 is 5.20. The van der Waals surface area contributed by atoms with Crippen molar-refractivity contribution >= 4 is 27.3 Å². The average molecular weight is 325 g/mol. The summed E-state index contributed by atoms with van der Waals surface area (Å²) in [6.07, 6.45) is 6.03. The Balaban J connectivity index is 1.71. The van der Waals surface area contributed by atoms with Crippen LogP contribution in [0, 0.1) is 0 Å². The Morgan fingerprint density at radius 2 is 2.22 bits per heavy atom. The van der Waals surface area contributed by atoms with Crippen molar-refractivity contribution in [2.45, 2.75) is 31.7 Å². The summed E-state index contributed by atoms with van der Waals surface area (Å²) in [5, 5.41) is 2.13. The lowest BCUT2D eigenvalue weighted by atomic mass is 10.0. The van der Waals surface area contributed by atoms with Crippen LogP contribution in [0.3, 0.4) is 0 Å². The lowest BCUT2D eigenvalue weighted by molar-refractivity contribution is 0.576. The molecule has 0 amide bonds. The van der Waals surface area contributed by atoms with Gasteiger partial charge < -0.3 is 5.73 Å². The van der Waals surface area contributed by atoms with E-state index in [-0.39, 0.29) is 6.04 Å². The van der Waals surface area contributed by atoms with E-state index in [2.05, 4.69) is 38.4 Å². The molecule has 0 radical (unpaired) electrons. The van der Waals surface area contributed by atoms with Gasteiger partial charge in [0.2, 0.25) is 0 Å². The number of thiophene rings is 1. The molecule has 0 aliphatic rings. The highest BCUT2D eigenvalue weighted by molar-refractivity contribution is 9.10. The fraction of sp³-hybridized carbons (Fsp3) is 0.357. The van der Waals surface area contributed by atoms with Gasteiger partial charge in [-0.25, -0.2) is 0 Å². The van der Waals surface area contributed by atoms with Crippen LogP contribution in [-0.4, -0.2) is 11.0 Å². The predicted molar refractivity (Wildman–Crippen MR) is 80.9 cm³/mol. The van der Waals surface area contributed by atoms with Crippen LogP contribution in [0.1, 0.15) is 23.4 Å². The Labute approximate surface area is 120 Å². The third kappa shape index (κ3) is 4.52. The van der Waals surface area contributed by atoms with Gasteiger partial charge in [0.1, 0.15) is 0 Å². The fourth-order valence-corrected chi connectivity index (χ4v) is 2.88. The molecule has 0 aromatic carbocycles. The molecule has 2 heterocycles. The van der Waals surface area contributed by atoms with Crippen molar-refractivity contribution in [3.05, 3.63) is 50.9 Å². The molecular formula is C14H17BrN2S. The van der Waals surface area contributed by atoms with Crippen LogP contribution < -0.4 is 5.73 Å². The smallest absolute Gasteiger partial charge is 0.0419 e. The van der Waals surface area contributed by atoms with Crippen LogP contribution in [0.5, 0.6) is 0 Å². The topological polar surface area (TPSA) is 38.9 Å². The minimum absolute atomic E-state index is 0.207. The highest BCUT2D eigenvalue weighted by atomic mass is 79.9. The molecule has 2 N–H and O–H groups in total. The quantitative estimate of drug-likeness (QED) is 0.877. The van der Waals surface area contributed by atoms with E-state index in [9.17, 15) is 0 Å². The van der Waals surface area contributed by atoms with Gasteiger partial charge in [-0.3, -0.25) is 4.98 Å². The number of halogens is 1. The average Bonchev–Trinajstić information content (AvgIpc) is 2.85. The molecule has 0 saturated heterocycles. The number of aromatic nitrogens is 1. The van der Waals surface area contributed by atoms with Crippen LogP contribution in [0.2, 0.25) is 0 Å². The first-order valence-corrected chi connectivity index (χ1v) is 7.79. The van der Waals surface area contributed by atoms with Gasteiger partial charge in [0.05, 0.1) is 0 Å². The summed E-state index contributed by atoms with van der Waals surface area (Å²) in [5.74, 6) is 0. The molecule has 0 fully saturated rings. The zero-order valence-electron chi connectivity index (χ0n) is 10.2. The first-order chi connectivity index (χ1) is 8.74. The van der Waals surface area contributed by atoms with Gasteiger partial charge >= 0.3 is 0 Å². The summed E-state index contributed by atoms with van der Waals surface area (Å²) < 4.78 is 1.01. The fourth-order valence-electron chi connectivity index (χ4n) is 1.89. The van der Waals surface area contributed by atoms with Crippen LogP contribution in [0.4, 0.5) is 0 Å². The van der Waals surface area contributed by atoms with Crippen LogP contribution in [-0.2, 0) is 12.8 Å². The molecule has 2 rings (SSSR count). The van der Waals surface area contributed by atoms with E-state index in [4.69, 9.17) is 5.73 Å². The maximum absolute atomic E-state index is 6.13. The predicted octanol–water partition coefficient (Wildman–Crippen LogP) is 3.80. The van der Waals surface area contributed by atoms with Crippen molar-refractivity contribution < 1.29 is 0 Å². The zero-order chi connectivity index (χ0) is 12.8. The molecule has 0 saturated carbocycles. The highest BCUT2D eigenvalue weighted by Crippen LogP contribution is 2.14. The van der Waals surface area contributed by atoms with Crippen molar-refractivity contribution in [2.75, 3.05) is 0 Å². The second-order valence-corrected chi connectivity index (χ2v) is 6.35. The Kier molecular flexibility index (Phi) is 5.35. The molecule has 2 aromatic heterocycles. The van der Waals surface area contributed by atoms with Gasteiger partial charge in [0, 0.05) is 33.7 Å². The van der Waals surface area contributed by atoms with E-state index in [0.29, 0.717) is 0 Å². The first kappa shape index (κ1) is 13.7. The molecule has 0 aliphatic carbocycles. The van der Waals surface area contributed by atoms with Gasteiger partial charge in [-0.2, -0.15) is 0 Å². The number of rotatable bonds is 6. The Morgan fingerprint density at radius 1 is 1.33 bits per heavy atom. The van der Waals surface area contributed by atoms with Gasteiger partial charge in [0.15, 0.2) is 0 Å².